The molecular formula is C16H20ClFN2O. The summed E-state index contributed by atoms with van der Waals surface area (Å²) >= 11 is 6.06. The maximum atomic E-state index is 13.9. The SMILES string of the molecule is COc1cc2c(cc1F)nc(CCl)n2C1CCC(C)(C)C1. The molecule has 1 heterocycles. The third-order valence-corrected chi connectivity index (χ3v) is 4.70. The van der Waals surface area contributed by atoms with Crippen LogP contribution in [-0.4, -0.2) is 16.7 Å². The van der Waals surface area contributed by atoms with Crippen LogP contribution in [-0.2, 0) is 5.88 Å². The normalized spacial score (nSPS) is 21.1. The van der Waals surface area contributed by atoms with E-state index in [1.54, 1.807) is 6.07 Å². The van der Waals surface area contributed by atoms with Crippen molar-refractivity contribution in [2.75, 3.05) is 7.11 Å². The van der Waals surface area contributed by atoms with Crippen molar-refractivity contribution >= 4 is 22.6 Å². The monoisotopic (exact) mass is 310 g/mol. The molecule has 1 unspecified atom stereocenters. The van der Waals surface area contributed by atoms with E-state index >= 15 is 0 Å². The van der Waals surface area contributed by atoms with Crippen molar-refractivity contribution in [1.82, 2.24) is 9.55 Å². The summed E-state index contributed by atoms with van der Waals surface area (Å²) in [5.74, 6) is 1.00. The van der Waals surface area contributed by atoms with Crippen molar-refractivity contribution in [3.05, 3.63) is 23.8 Å². The Labute approximate surface area is 129 Å². The van der Waals surface area contributed by atoms with Crippen LogP contribution in [0.1, 0.15) is 45.0 Å². The molecule has 21 heavy (non-hydrogen) atoms. The lowest BCUT2D eigenvalue weighted by Crippen LogP contribution is -2.11. The molecule has 3 nitrogen and oxygen atoms in total. The smallest absolute Gasteiger partial charge is 0.167 e. The molecule has 3 rings (SSSR count). The van der Waals surface area contributed by atoms with Gasteiger partial charge < -0.3 is 9.30 Å². The summed E-state index contributed by atoms with van der Waals surface area (Å²) in [6.07, 6.45) is 3.36. The van der Waals surface area contributed by atoms with Gasteiger partial charge in [0.25, 0.3) is 0 Å². The van der Waals surface area contributed by atoms with Crippen LogP contribution in [0, 0.1) is 11.2 Å². The summed E-state index contributed by atoms with van der Waals surface area (Å²) < 4.78 is 21.1. The van der Waals surface area contributed by atoms with Gasteiger partial charge in [0.1, 0.15) is 5.82 Å². The molecule has 0 aliphatic heterocycles. The van der Waals surface area contributed by atoms with E-state index in [0.29, 0.717) is 22.9 Å². The van der Waals surface area contributed by atoms with Crippen molar-refractivity contribution in [2.24, 2.45) is 5.41 Å². The minimum Gasteiger partial charge on any atom is -0.494 e. The van der Waals surface area contributed by atoms with Gasteiger partial charge in [-0.1, -0.05) is 13.8 Å². The van der Waals surface area contributed by atoms with Crippen LogP contribution in [0.5, 0.6) is 5.75 Å². The Morgan fingerprint density at radius 2 is 2.24 bits per heavy atom. The number of benzene rings is 1. The van der Waals surface area contributed by atoms with Crippen LogP contribution >= 0.6 is 11.6 Å². The van der Waals surface area contributed by atoms with Gasteiger partial charge in [0.05, 0.1) is 24.0 Å². The number of nitrogens with zero attached hydrogens (tertiary/aromatic N) is 2. The summed E-state index contributed by atoms with van der Waals surface area (Å²) in [5.41, 5.74) is 1.88. The van der Waals surface area contributed by atoms with Crippen LogP contribution in [0.3, 0.4) is 0 Å². The first-order chi connectivity index (χ1) is 9.95. The van der Waals surface area contributed by atoms with Crippen LogP contribution < -0.4 is 4.74 Å². The summed E-state index contributed by atoms with van der Waals surface area (Å²) in [6.45, 7) is 4.57. The van der Waals surface area contributed by atoms with E-state index in [4.69, 9.17) is 16.3 Å². The molecule has 0 radical (unpaired) electrons. The average molecular weight is 311 g/mol. The Morgan fingerprint density at radius 3 is 2.81 bits per heavy atom. The predicted molar refractivity (Wildman–Crippen MR) is 82.5 cm³/mol. The highest BCUT2D eigenvalue weighted by molar-refractivity contribution is 6.16. The lowest BCUT2D eigenvalue weighted by Gasteiger charge is -2.20. The van der Waals surface area contributed by atoms with Gasteiger partial charge >= 0.3 is 0 Å². The zero-order valence-corrected chi connectivity index (χ0v) is 13.4. The third-order valence-electron chi connectivity index (χ3n) is 4.46. The fourth-order valence-corrected chi connectivity index (χ4v) is 3.61. The minimum absolute atomic E-state index is 0.252. The molecule has 1 aliphatic carbocycles. The zero-order chi connectivity index (χ0) is 15.2. The van der Waals surface area contributed by atoms with Crippen molar-refractivity contribution in [1.29, 1.82) is 0 Å². The van der Waals surface area contributed by atoms with E-state index in [9.17, 15) is 4.39 Å². The second-order valence-electron chi connectivity index (χ2n) is 6.57. The number of halogens is 2. The molecule has 1 aliphatic rings. The molecule has 1 aromatic carbocycles. The quantitative estimate of drug-likeness (QED) is 0.770. The molecule has 0 spiro atoms. The van der Waals surface area contributed by atoms with Gasteiger partial charge in [-0.25, -0.2) is 9.37 Å². The van der Waals surface area contributed by atoms with Crippen LogP contribution in [0.2, 0.25) is 0 Å². The van der Waals surface area contributed by atoms with Gasteiger partial charge in [0.15, 0.2) is 11.6 Å². The number of rotatable bonds is 3. The highest BCUT2D eigenvalue weighted by atomic mass is 35.5. The molecule has 1 atom stereocenters. The second kappa shape index (κ2) is 5.16. The molecule has 0 amide bonds. The maximum Gasteiger partial charge on any atom is 0.167 e. The molecule has 5 heteroatoms. The summed E-state index contributed by atoms with van der Waals surface area (Å²) in [6, 6.07) is 3.54. The van der Waals surface area contributed by atoms with Crippen LogP contribution in [0.25, 0.3) is 11.0 Å². The summed E-state index contributed by atoms with van der Waals surface area (Å²) in [7, 11) is 1.48. The van der Waals surface area contributed by atoms with Gasteiger partial charge in [0.2, 0.25) is 0 Å². The Kier molecular flexibility index (Phi) is 3.60. The van der Waals surface area contributed by atoms with Crippen LogP contribution in [0.15, 0.2) is 12.1 Å². The molecule has 1 saturated carbocycles. The highest BCUT2D eigenvalue weighted by Crippen LogP contribution is 2.45. The van der Waals surface area contributed by atoms with Crippen molar-refractivity contribution in [3.8, 4) is 5.75 Å². The molecule has 0 saturated heterocycles. The fourth-order valence-electron chi connectivity index (χ4n) is 3.42. The Balaban J connectivity index is 2.15. The van der Waals surface area contributed by atoms with Gasteiger partial charge in [0, 0.05) is 18.2 Å². The van der Waals surface area contributed by atoms with E-state index < -0.39 is 0 Å². The number of ether oxygens (including phenoxy) is 1. The van der Waals surface area contributed by atoms with Gasteiger partial charge in [-0.2, -0.15) is 0 Å². The molecule has 114 valence electrons. The van der Waals surface area contributed by atoms with Crippen molar-refractivity contribution in [2.45, 2.75) is 45.0 Å². The van der Waals surface area contributed by atoms with Gasteiger partial charge in [-0.15, -0.1) is 11.6 Å². The first-order valence-electron chi connectivity index (χ1n) is 7.25. The lowest BCUT2D eigenvalue weighted by molar-refractivity contribution is 0.359. The average Bonchev–Trinajstić information content (AvgIpc) is 2.96. The number of alkyl halides is 1. The van der Waals surface area contributed by atoms with E-state index in [1.807, 2.05) is 0 Å². The van der Waals surface area contributed by atoms with Crippen molar-refractivity contribution < 1.29 is 9.13 Å². The van der Waals surface area contributed by atoms with Crippen molar-refractivity contribution in [3.63, 3.8) is 0 Å². The Hall–Kier alpha value is -1.29. The van der Waals surface area contributed by atoms with Gasteiger partial charge in [-0.3, -0.25) is 0 Å². The molecule has 0 N–H and O–H groups in total. The molecule has 2 aromatic rings. The maximum absolute atomic E-state index is 13.9. The third kappa shape index (κ3) is 2.50. The second-order valence-corrected chi connectivity index (χ2v) is 6.84. The topological polar surface area (TPSA) is 27.1 Å². The summed E-state index contributed by atoms with van der Waals surface area (Å²) in [5, 5.41) is 0. The van der Waals surface area contributed by atoms with E-state index in [0.717, 1.165) is 24.2 Å². The molecule has 0 bridgehead atoms. The number of aromatic nitrogens is 2. The number of hydrogen-bond acceptors (Lipinski definition) is 2. The van der Waals surface area contributed by atoms with E-state index in [-0.39, 0.29) is 11.6 Å². The number of imidazole rings is 1. The number of fused-ring (bicyclic) bond motifs is 1. The van der Waals surface area contributed by atoms with E-state index in [2.05, 4.69) is 23.4 Å². The fraction of sp³-hybridized carbons (Fsp3) is 0.562. The molecular weight excluding hydrogens is 291 g/mol. The van der Waals surface area contributed by atoms with E-state index in [1.165, 1.54) is 19.6 Å². The first kappa shape index (κ1) is 14.6. The Morgan fingerprint density at radius 1 is 1.48 bits per heavy atom. The predicted octanol–water partition coefficient (Wildman–Crippen LogP) is 4.67. The summed E-state index contributed by atoms with van der Waals surface area (Å²) in [4.78, 5) is 4.50. The van der Waals surface area contributed by atoms with Crippen LogP contribution in [0.4, 0.5) is 4.39 Å². The standard InChI is InChI=1S/C16H20ClFN2O/c1-16(2)5-4-10(8-16)20-13-7-14(21-3)11(18)6-12(13)19-15(20)9-17/h6-7,10H,4-5,8-9H2,1-3H3. The Bertz CT molecular complexity index is 680. The highest BCUT2D eigenvalue weighted by Gasteiger charge is 2.33. The first-order valence-corrected chi connectivity index (χ1v) is 7.79. The molecule has 1 fully saturated rings. The minimum atomic E-state index is -0.387. The van der Waals surface area contributed by atoms with Gasteiger partial charge in [-0.05, 0) is 24.7 Å². The number of methoxy groups -OCH3 is 1. The largest absolute Gasteiger partial charge is 0.494 e. The number of hydrogen-bond donors (Lipinski definition) is 0. The zero-order valence-electron chi connectivity index (χ0n) is 12.6. The lowest BCUT2D eigenvalue weighted by atomic mass is 9.92. The molecule has 1 aromatic heterocycles.